The Morgan fingerprint density at radius 3 is 2.14 bits per heavy atom. The quantitative estimate of drug-likeness (QED) is 0.309. The number of nitrogens with one attached hydrogen (secondary N) is 3. The number of nitroso groups, excluding NO2 is 1. The van der Waals surface area contributed by atoms with Crippen molar-refractivity contribution in [3.8, 4) is 0 Å². The van der Waals surface area contributed by atoms with Crippen molar-refractivity contribution in [1.82, 2.24) is 20.3 Å². The zero-order valence-corrected chi connectivity index (χ0v) is 16.8. The summed E-state index contributed by atoms with van der Waals surface area (Å²) in [5.41, 5.74) is 12.1. The lowest BCUT2D eigenvalue weighted by atomic mass is 10.0. The Morgan fingerprint density at radius 1 is 1.07 bits per heavy atom. The molecule has 0 radical (unpaired) electrons. The smallest absolute Gasteiger partial charge is 0.248 e. The van der Waals surface area contributed by atoms with Crippen LogP contribution in [0.15, 0.2) is 28.8 Å². The van der Waals surface area contributed by atoms with Gasteiger partial charge in [-0.3, -0.25) is 9.59 Å². The molecule has 7 N–H and O–H groups in total. The van der Waals surface area contributed by atoms with E-state index in [4.69, 9.17) is 11.5 Å². The van der Waals surface area contributed by atoms with Gasteiger partial charge < -0.3 is 27.4 Å². The number of nitrogens with two attached hydrogens (primary N) is 2. The van der Waals surface area contributed by atoms with E-state index in [1.807, 2.05) is 0 Å². The molecule has 0 aliphatic rings. The minimum absolute atomic E-state index is 0.0156. The highest BCUT2D eigenvalue weighted by Crippen LogP contribution is 2.30. The fraction of sp³-hybridized carbons (Fsp3) is 0.312. The average Bonchev–Trinajstić information content (AvgIpc) is 2.60. The van der Waals surface area contributed by atoms with Crippen molar-refractivity contribution in [3.63, 3.8) is 0 Å². The standard InChI is InChI=1S/C16H21N9O3S/c1-8(26)19-11(16(2,3)29-25-28)12(27)20-9-4-6-10(7-5-9)21-15-23-13(17)22-14(18)24-15/h4-7,11H,1-3H3,(H,19,26)(H,20,27)(H5,17,18,21,22,23,24). The highest BCUT2D eigenvalue weighted by atomic mass is 32.2. The zero-order chi connectivity index (χ0) is 21.6. The van der Waals surface area contributed by atoms with E-state index in [1.54, 1.807) is 38.1 Å². The van der Waals surface area contributed by atoms with Crippen molar-refractivity contribution in [2.24, 2.45) is 4.58 Å². The molecule has 29 heavy (non-hydrogen) atoms. The second-order valence-corrected chi connectivity index (χ2v) is 7.85. The van der Waals surface area contributed by atoms with Gasteiger partial charge in [0.1, 0.15) is 6.04 Å². The third-order valence-electron chi connectivity index (χ3n) is 3.66. The van der Waals surface area contributed by atoms with Crippen LogP contribution in [0.2, 0.25) is 0 Å². The van der Waals surface area contributed by atoms with E-state index in [-0.39, 0.29) is 17.8 Å². The molecule has 154 valence electrons. The molecule has 0 aliphatic heterocycles. The molecule has 2 aromatic rings. The summed E-state index contributed by atoms with van der Waals surface area (Å²) in [5.74, 6) is -0.741. The lowest BCUT2D eigenvalue weighted by molar-refractivity contribution is -0.125. The summed E-state index contributed by atoms with van der Waals surface area (Å²) in [4.78, 5) is 46.3. The first-order chi connectivity index (χ1) is 13.6. The monoisotopic (exact) mass is 419 g/mol. The molecule has 2 rings (SSSR count). The molecule has 0 bridgehead atoms. The van der Waals surface area contributed by atoms with Crippen LogP contribution in [-0.4, -0.2) is 37.6 Å². The van der Waals surface area contributed by atoms with Gasteiger partial charge in [0.25, 0.3) is 0 Å². The maximum Gasteiger partial charge on any atom is 0.248 e. The highest BCUT2D eigenvalue weighted by molar-refractivity contribution is 7.99. The number of aromatic nitrogens is 3. The largest absolute Gasteiger partial charge is 0.368 e. The molecule has 0 spiro atoms. The minimum atomic E-state index is -0.975. The number of amides is 2. The highest BCUT2D eigenvalue weighted by Gasteiger charge is 2.37. The zero-order valence-electron chi connectivity index (χ0n) is 16.0. The number of rotatable bonds is 8. The van der Waals surface area contributed by atoms with Crippen LogP contribution >= 0.6 is 11.9 Å². The summed E-state index contributed by atoms with van der Waals surface area (Å²) >= 11 is 0.673. The molecule has 1 aromatic carbocycles. The van der Waals surface area contributed by atoms with E-state index < -0.39 is 22.6 Å². The lowest BCUT2D eigenvalue weighted by Gasteiger charge is -2.30. The number of carbonyl (C=O) groups is 2. The van der Waals surface area contributed by atoms with Gasteiger partial charge in [0.15, 0.2) is 0 Å². The Morgan fingerprint density at radius 2 is 1.62 bits per heavy atom. The Bertz CT molecular complexity index is 885. The number of hydrogen-bond acceptors (Lipinski definition) is 11. The van der Waals surface area contributed by atoms with Crippen molar-refractivity contribution < 1.29 is 9.59 Å². The number of carbonyl (C=O) groups excluding carboxylic acids is 2. The molecule has 1 aromatic heterocycles. The van der Waals surface area contributed by atoms with Crippen LogP contribution < -0.4 is 27.4 Å². The van der Waals surface area contributed by atoms with E-state index in [0.717, 1.165) is 0 Å². The summed E-state index contributed by atoms with van der Waals surface area (Å²) in [6.45, 7) is 4.56. The van der Waals surface area contributed by atoms with E-state index >= 15 is 0 Å². The SMILES string of the molecule is CC(=O)NC(C(=O)Nc1ccc(Nc2nc(N)nc(N)n2)cc1)C(C)(C)SN=O. The molecule has 1 heterocycles. The van der Waals surface area contributed by atoms with E-state index in [9.17, 15) is 14.5 Å². The fourth-order valence-corrected chi connectivity index (χ4v) is 2.82. The number of nitrogen functional groups attached to an aromatic ring is 2. The Balaban J connectivity index is 2.11. The van der Waals surface area contributed by atoms with Crippen molar-refractivity contribution in [2.75, 3.05) is 22.1 Å². The number of benzene rings is 1. The van der Waals surface area contributed by atoms with Crippen LogP contribution in [0.25, 0.3) is 0 Å². The Kier molecular flexibility index (Phi) is 6.88. The first-order valence-electron chi connectivity index (χ1n) is 8.33. The molecule has 1 atom stereocenters. The van der Waals surface area contributed by atoms with Crippen LogP contribution in [-0.2, 0) is 9.59 Å². The lowest BCUT2D eigenvalue weighted by Crippen LogP contribution is -2.53. The predicted octanol–water partition coefficient (Wildman–Crippen LogP) is 1.42. The van der Waals surface area contributed by atoms with Crippen molar-refractivity contribution in [3.05, 3.63) is 29.2 Å². The molecule has 13 heteroatoms. The predicted molar refractivity (Wildman–Crippen MR) is 112 cm³/mol. The summed E-state index contributed by atoms with van der Waals surface area (Å²) in [5, 5.41) is 8.17. The van der Waals surface area contributed by atoms with Gasteiger partial charge in [0, 0.05) is 34.8 Å². The van der Waals surface area contributed by atoms with Crippen LogP contribution in [0.3, 0.4) is 0 Å². The molecular weight excluding hydrogens is 398 g/mol. The van der Waals surface area contributed by atoms with Crippen LogP contribution in [0.1, 0.15) is 20.8 Å². The van der Waals surface area contributed by atoms with E-state index in [0.29, 0.717) is 23.3 Å². The van der Waals surface area contributed by atoms with Gasteiger partial charge in [-0.15, -0.1) is 4.91 Å². The fourth-order valence-electron chi connectivity index (χ4n) is 2.35. The van der Waals surface area contributed by atoms with Gasteiger partial charge in [-0.2, -0.15) is 15.0 Å². The second kappa shape index (κ2) is 9.14. The number of nitrogens with zero attached hydrogens (tertiary/aromatic N) is 4. The van der Waals surface area contributed by atoms with Crippen LogP contribution in [0.5, 0.6) is 0 Å². The van der Waals surface area contributed by atoms with Crippen molar-refractivity contribution in [1.29, 1.82) is 0 Å². The van der Waals surface area contributed by atoms with Gasteiger partial charge in [0.05, 0.1) is 4.75 Å². The average molecular weight is 419 g/mol. The molecule has 0 saturated heterocycles. The topological polar surface area (TPSA) is 190 Å². The van der Waals surface area contributed by atoms with E-state index in [1.165, 1.54) is 6.92 Å². The van der Waals surface area contributed by atoms with Crippen LogP contribution in [0.4, 0.5) is 29.2 Å². The maximum atomic E-state index is 12.7. The summed E-state index contributed by atoms with van der Waals surface area (Å²) in [6, 6.07) is 5.64. The van der Waals surface area contributed by atoms with E-state index in [2.05, 4.69) is 35.5 Å². The van der Waals surface area contributed by atoms with Gasteiger partial charge in [-0.25, -0.2) is 0 Å². The molecule has 0 fully saturated rings. The first kappa shape index (κ1) is 21.8. The Labute approximate surface area is 170 Å². The summed E-state index contributed by atoms with van der Waals surface area (Å²) < 4.78 is 1.83. The second-order valence-electron chi connectivity index (χ2n) is 6.47. The van der Waals surface area contributed by atoms with Crippen molar-refractivity contribution >= 4 is 53.0 Å². The van der Waals surface area contributed by atoms with Gasteiger partial charge in [-0.05, 0) is 38.1 Å². The molecule has 1 unspecified atom stereocenters. The van der Waals surface area contributed by atoms with Crippen molar-refractivity contribution in [2.45, 2.75) is 31.6 Å². The number of anilines is 5. The summed E-state index contributed by atoms with van der Waals surface area (Å²) in [7, 11) is 0. The third kappa shape index (κ3) is 6.27. The molecule has 2 amide bonds. The molecular formula is C16H21N9O3S. The minimum Gasteiger partial charge on any atom is -0.368 e. The van der Waals surface area contributed by atoms with Gasteiger partial charge in [-0.1, -0.05) is 0 Å². The van der Waals surface area contributed by atoms with Gasteiger partial charge >= 0.3 is 0 Å². The number of hydrogen-bond donors (Lipinski definition) is 5. The first-order valence-corrected chi connectivity index (χ1v) is 9.11. The van der Waals surface area contributed by atoms with Gasteiger partial charge in [0.2, 0.25) is 29.7 Å². The Hall–Kier alpha value is -3.48. The molecule has 0 aliphatic carbocycles. The van der Waals surface area contributed by atoms with Crippen LogP contribution in [0, 0.1) is 4.91 Å². The molecule has 12 nitrogen and oxygen atoms in total. The summed E-state index contributed by atoms with van der Waals surface area (Å²) in [6.07, 6.45) is 0. The normalized spacial score (nSPS) is 12.0. The third-order valence-corrected chi connectivity index (χ3v) is 4.44. The molecule has 0 saturated carbocycles. The maximum absolute atomic E-state index is 12.7.